The van der Waals surface area contributed by atoms with Crippen LogP contribution >= 0.6 is 11.3 Å². The van der Waals surface area contributed by atoms with E-state index in [1.807, 2.05) is 13.8 Å². The summed E-state index contributed by atoms with van der Waals surface area (Å²) in [5.41, 5.74) is 1.83. The highest BCUT2D eigenvalue weighted by molar-refractivity contribution is 7.88. The largest absolute Gasteiger partial charge is 0.223 e. The highest BCUT2D eigenvalue weighted by atomic mass is 32.2. The summed E-state index contributed by atoms with van der Waals surface area (Å²) in [6.45, 7) is 3.77. The summed E-state index contributed by atoms with van der Waals surface area (Å²) in [6, 6.07) is 5.56. The molecule has 3 rings (SSSR count). The Morgan fingerprint density at radius 3 is 2.87 bits per heavy atom. The maximum absolute atomic E-state index is 13.1. The lowest BCUT2D eigenvalue weighted by Gasteiger charge is -2.07. The first-order valence-corrected chi connectivity index (χ1v) is 9.34. The Morgan fingerprint density at radius 1 is 1.35 bits per heavy atom. The zero-order valence-corrected chi connectivity index (χ0v) is 14.2. The van der Waals surface area contributed by atoms with Crippen molar-refractivity contribution in [3.8, 4) is 0 Å². The molecule has 1 aromatic carbocycles. The molecular weight excluding hydrogens is 339 g/mol. The molecule has 9 heteroatoms. The predicted octanol–water partition coefficient (Wildman–Crippen LogP) is 2.17. The molecule has 0 unspecified atom stereocenters. The molecule has 1 N–H and O–H groups in total. The fourth-order valence-electron chi connectivity index (χ4n) is 2.26. The maximum Gasteiger partial charge on any atom is 0.216 e. The number of rotatable bonds is 5. The molecule has 0 aliphatic rings. The molecule has 3 aromatic rings. The maximum atomic E-state index is 13.1. The highest BCUT2D eigenvalue weighted by Gasteiger charge is 2.17. The number of hydrogen-bond acceptors (Lipinski definition) is 5. The normalized spacial score (nSPS) is 12.1. The second-order valence-electron chi connectivity index (χ2n) is 5.17. The molecule has 2 heterocycles. The van der Waals surface area contributed by atoms with Crippen LogP contribution in [0.25, 0.3) is 4.96 Å². The quantitative estimate of drug-likeness (QED) is 0.762. The van der Waals surface area contributed by atoms with E-state index >= 15 is 0 Å². The lowest BCUT2D eigenvalue weighted by Crippen LogP contribution is -2.25. The van der Waals surface area contributed by atoms with E-state index in [-0.39, 0.29) is 12.3 Å². The molecule has 0 spiro atoms. The van der Waals surface area contributed by atoms with Gasteiger partial charge in [-0.15, -0.1) is 0 Å². The molecule has 0 aliphatic carbocycles. The van der Waals surface area contributed by atoms with Gasteiger partial charge in [0.05, 0.1) is 23.7 Å². The van der Waals surface area contributed by atoms with E-state index in [2.05, 4.69) is 14.8 Å². The van der Waals surface area contributed by atoms with Crippen LogP contribution in [0.4, 0.5) is 4.39 Å². The molecule has 0 aliphatic heterocycles. The number of sulfonamides is 1. The van der Waals surface area contributed by atoms with Crippen LogP contribution in [0.15, 0.2) is 24.3 Å². The van der Waals surface area contributed by atoms with E-state index in [1.165, 1.54) is 29.5 Å². The first-order valence-electron chi connectivity index (χ1n) is 6.87. The van der Waals surface area contributed by atoms with Crippen molar-refractivity contribution in [2.45, 2.75) is 26.1 Å². The number of hydrogen-bond donors (Lipinski definition) is 1. The second-order valence-corrected chi connectivity index (χ2v) is 8.14. The number of imidazole rings is 1. The zero-order chi connectivity index (χ0) is 16.6. The fourth-order valence-corrected chi connectivity index (χ4v) is 4.15. The van der Waals surface area contributed by atoms with Crippen LogP contribution in [0.5, 0.6) is 0 Å². The Kier molecular flexibility index (Phi) is 4.17. The van der Waals surface area contributed by atoms with Crippen LogP contribution in [-0.2, 0) is 22.3 Å². The standard InChI is InChI=1S/C14H15FN4O2S2/c1-9-13(19-14(17-9)22-10(2)18-19)7-16-23(20,21)8-11-4-3-5-12(15)6-11/h3-6,16H,7-8H2,1-2H3. The van der Waals surface area contributed by atoms with Gasteiger partial charge in [-0.3, -0.25) is 0 Å². The van der Waals surface area contributed by atoms with Crippen LogP contribution in [0.2, 0.25) is 0 Å². The van der Waals surface area contributed by atoms with Gasteiger partial charge >= 0.3 is 0 Å². The second kappa shape index (κ2) is 5.99. The molecule has 6 nitrogen and oxygen atoms in total. The van der Waals surface area contributed by atoms with Gasteiger partial charge in [0.25, 0.3) is 0 Å². The van der Waals surface area contributed by atoms with Gasteiger partial charge in [-0.2, -0.15) is 5.10 Å². The zero-order valence-electron chi connectivity index (χ0n) is 12.6. The third kappa shape index (κ3) is 3.57. The van der Waals surface area contributed by atoms with Crippen LogP contribution in [0.3, 0.4) is 0 Å². The van der Waals surface area contributed by atoms with Gasteiger partial charge in [0.2, 0.25) is 15.0 Å². The number of aromatic nitrogens is 3. The van der Waals surface area contributed by atoms with Crippen molar-refractivity contribution in [3.63, 3.8) is 0 Å². The Balaban J connectivity index is 1.77. The summed E-state index contributed by atoms with van der Waals surface area (Å²) in [4.78, 5) is 5.10. The van der Waals surface area contributed by atoms with E-state index in [1.54, 1.807) is 10.6 Å². The smallest absolute Gasteiger partial charge is 0.216 e. The molecule has 0 fully saturated rings. The summed E-state index contributed by atoms with van der Waals surface area (Å²) < 4.78 is 41.7. The summed E-state index contributed by atoms with van der Waals surface area (Å²) >= 11 is 1.45. The fraction of sp³-hybridized carbons (Fsp3) is 0.286. The molecule has 122 valence electrons. The van der Waals surface area contributed by atoms with E-state index in [0.29, 0.717) is 11.3 Å². The summed E-state index contributed by atoms with van der Waals surface area (Å²) in [6.07, 6.45) is 0. The molecule has 2 aromatic heterocycles. The summed E-state index contributed by atoms with van der Waals surface area (Å²) in [5.74, 6) is -0.731. The van der Waals surface area contributed by atoms with Crippen LogP contribution in [0, 0.1) is 19.7 Å². The number of fused-ring (bicyclic) bond motifs is 1. The van der Waals surface area contributed by atoms with Gasteiger partial charge in [0.15, 0.2) is 0 Å². The summed E-state index contributed by atoms with van der Waals surface area (Å²) in [7, 11) is -3.59. The molecule has 0 bridgehead atoms. The summed E-state index contributed by atoms with van der Waals surface area (Å²) in [5, 5.41) is 5.18. The van der Waals surface area contributed by atoms with Gasteiger partial charge in [-0.1, -0.05) is 23.5 Å². The van der Waals surface area contributed by atoms with Gasteiger partial charge < -0.3 is 0 Å². The van der Waals surface area contributed by atoms with Gasteiger partial charge in [-0.25, -0.2) is 27.0 Å². The van der Waals surface area contributed by atoms with Crippen molar-refractivity contribution >= 4 is 26.3 Å². The van der Waals surface area contributed by atoms with Crippen molar-refractivity contribution in [3.05, 3.63) is 52.0 Å². The van der Waals surface area contributed by atoms with Crippen molar-refractivity contribution in [1.82, 2.24) is 19.3 Å². The van der Waals surface area contributed by atoms with Crippen LogP contribution < -0.4 is 4.72 Å². The first kappa shape index (κ1) is 16.0. The number of benzene rings is 1. The first-order chi connectivity index (χ1) is 10.8. The Hall–Kier alpha value is -1.84. The number of nitrogens with zero attached hydrogens (tertiary/aromatic N) is 3. The van der Waals surface area contributed by atoms with Gasteiger partial charge in [0, 0.05) is 0 Å². The van der Waals surface area contributed by atoms with E-state index < -0.39 is 15.8 Å². The third-order valence-corrected chi connectivity index (χ3v) is 5.42. The van der Waals surface area contributed by atoms with Crippen molar-refractivity contribution in [2.75, 3.05) is 0 Å². The van der Waals surface area contributed by atoms with Crippen LogP contribution in [-0.4, -0.2) is 23.0 Å². The Bertz CT molecular complexity index is 962. The lowest BCUT2D eigenvalue weighted by atomic mass is 10.2. The topological polar surface area (TPSA) is 76.4 Å². The molecule has 0 saturated heterocycles. The van der Waals surface area contributed by atoms with Crippen molar-refractivity contribution in [1.29, 1.82) is 0 Å². The minimum atomic E-state index is -3.59. The monoisotopic (exact) mass is 354 g/mol. The minimum Gasteiger partial charge on any atom is -0.223 e. The molecular formula is C14H15FN4O2S2. The van der Waals surface area contributed by atoms with E-state index in [9.17, 15) is 12.8 Å². The van der Waals surface area contributed by atoms with Gasteiger partial charge in [-0.05, 0) is 31.5 Å². The highest BCUT2D eigenvalue weighted by Crippen LogP contribution is 2.18. The number of aryl methyl sites for hydroxylation is 2. The Labute approximate surface area is 137 Å². The molecule has 0 atom stereocenters. The van der Waals surface area contributed by atoms with Crippen molar-refractivity contribution < 1.29 is 12.8 Å². The molecule has 0 amide bonds. The number of nitrogens with one attached hydrogen (secondary N) is 1. The average molecular weight is 354 g/mol. The number of halogens is 1. The van der Waals surface area contributed by atoms with Crippen molar-refractivity contribution in [2.24, 2.45) is 0 Å². The van der Waals surface area contributed by atoms with Gasteiger partial charge in [0.1, 0.15) is 10.8 Å². The predicted molar refractivity (Wildman–Crippen MR) is 86.2 cm³/mol. The minimum absolute atomic E-state index is 0.0911. The van der Waals surface area contributed by atoms with E-state index in [0.717, 1.165) is 15.7 Å². The molecule has 0 saturated carbocycles. The molecule has 23 heavy (non-hydrogen) atoms. The lowest BCUT2D eigenvalue weighted by molar-refractivity contribution is 0.578. The molecule has 0 radical (unpaired) electrons. The average Bonchev–Trinajstić information content (AvgIpc) is 2.91. The van der Waals surface area contributed by atoms with E-state index in [4.69, 9.17) is 0 Å². The third-order valence-electron chi connectivity index (χ3n) is 3.30. The van der Waals surface area contributed by atoms with Crippen LogP contribution in [0.1, 0.15) is 22.0 Å². The Morgan fingerprint density at radius 2 is 2.13 bits per heavy atom. The SMILES string of the molecule is Cc1nn2c(CNS(=O)(=O)Cc3cccc(F)c3)c(C)nc2s1.